The minimum absolute atomic E-state index is 0.0556. The number of carboxylic acid groups (broad SMARTS) is 1. The van der Waals surface area contributed by atoms with Crippen molar-refractivity contribution in [3.63, 3.8) is 0 Å². The number of hydrogen-bond donors (Lipinski definition) is 2. The summed E-state index contributed by atoms with van der Waals surface area (Å²) in [6, 6.07) is 7.68. The highest BCUT2D eigenvalue weighted by Gasteiger charge is 2.32. The number of hydrogen-bond acceptors (Lipinski definition) is 6. The number of likely N-dealkylation sites (tertiary alicyclic amines) is 1. The second kappa shape index (κ2) is 10.1. The molecule has 1 aliphatic carbocycles. The van der Waals surface area contributed by atoms with Crippen LogP contribution in [0.4, 0.5) is 25.6 Å². The highest BCUT2D eigenvalue weighted by atomic mass is 19.1. The van der Waals surface area contributed by atoms with Gasteiger partial charge in [0.25, 0.3) is 0 Å². The van der Waals surface area contributed by atoms with Gasteiger partial charge in [-0.15, -0.1) is 0 Å². The van der Waals surface area contributed by atoms with Crippen LogP contribution in [0.5, 0.6) is 0 Å². The van der Waals surface area contributed by atoms with Crippen molar-refractivity contribution in [2.24, 2.45) is 0 Å². The monoisotopic (exact) mass is 524 g/mol. The first-order chi connectivity index (χ1) is 18.1. The third-order valence-corrected chi connectivity index (χ3v) is 6.66. The van der Waals surface area contributed by atoms with Gasteiger partial charge >= 0.3 is 12.2 Å². The zero-order chi connectivity index (χ0) is 27.0. The van der Waals surface area contributed by atoms with E-state index in [-0.39, 0.29) is 12.6 Å². The Kier molecular flexibility index (Phi) is 6.85. The quantitative estimate of drug-likeness (QED) is 0.453. The van der Waals surface area contributed by atoms with Gasteiger partial charge in [0.2, 0.25) is 0 Å². The van der Waals surface area contributed by atoms with Crippen LogP contribution in [-0.2, 0) is 11.3 Å². The van der Waals surface area contributed by atoms with E-state index in [4.69, 9.17) is 9.72 Å². The summed E-state index contributed by atoms with van der Waals surface area (Å²) in [4.78, 5) is 32.7. The first-order valence-electron chi connectivity index (χ1n) is 13.0. The van der Waals surface area contributed by atoms with Crippen LogP contribution in [-0.4, -0.2) is 61.5 Å². The number of piperidine rings is 1. The van der Waals surface area contributed by atoms with Crippen LogP contribution >= 0.6 is 0 Å². The van der Waals surface area contributed by atoms with E-state index in [2.05, 4.69) is 10.4 Å². The zero-order valence-electron chi connectivity index (χ0n) is 21.9. The van der Waals surface area contributed by atoms with Crippen molar-refractivity contribution in [3.8, 4) is 0 Å². The molecule has 1 aromatic carbocycles. The molecule has 2 N–H and O–H groups in total. The molecule has 202 valence electrons. The van der Waals surface area contributed by atoms with Gasteiger partial charge in [-0.3, -0.25) is 4.90 Å². The lowest BCUT2D eigenvalue weighted by molar-refractivity contribution is 0.0575. The van der Waals surface area contributed by atoms with Gasteiger partial charge in [-0.25, -0.2) is 19.0 Å². The van der Waals surface area contributed by atoms with Crippen LogP contribution in [0.3, 0.4) is 0 Å². The number of anilines is 2. The number of fused-ring (bicyclic) bond motifs is 1. The van der Waals surface area contributed by atoms with Gasteiger partial charge < -0.3 is 20.1 Å². The third-order valence-electron chi connectivity index (χ3n) is 6.66. The van der Waals surface area contributed by atoms with Crippen LogP contribution in [0.15, 0.2) is 36.5 Å². The van der Waals surface area contributed by atoms with Gasteiger partial charge in [0.1, 0.15) is 23.1 Å². The van der Waals surface area contributed by atoms with Crippen molar-refractivity contribution < 1.29 is 23.8 Å². The lowest BCUT2D eigenvalue weighted by atomic mass is 10.1. The molecule has 2 amide bonds. The summed E-state index contributed by atoms with van der Waals surface area (Å²) in [5.74, 6) is 0.900. The number of halogens is 1. The Hall–Kier alpha value is -3.89. The Morgan fingerprint density at radius 1 is 1.24 bits per heavy atom. The van der Waals surface area contributed by atoms with Crippen LogP contribution in [0, 0.1) is 5.82 Å². The van der Waals surface area contributed by atoms with Gasteiger partial charge in [-0.2, -0.15) is 9.61 Å². The van der Waals surface area contributed by atoms with E-state index in [1.165, 1.54) is 21.9 Å². The number of aromatic nitrogens is 3. The Labute approximate surface area is 220 Å². The molecule has 2 aliphatic rings. The summed E-state index contributed by atoms with van der Waals surface area (Å²) in [7, 11) is 0. The molecule has 1 aliphatic heterocycles. The maximum absolute atomic E-state index is 14.0. The molecule has 2 fully saturated rings. The molecule has 11 heteroatoms. The van der Waals surface area contributed by atoms with E-state index < -0.39 is 23.6 Å². The van der Waals surface area contributed by atoms with Gasteiger partial charge in [0.05, 0.1) is 12.7 Å². The molecule has 0 spiro atoms. The summed E-state index contributed by atoms with van der Waals surface area (Å²) in [5.41, 5.74) is 1.47. The zero-order valence-corrected chi connectivity index (χ0v) is 21.9. The Morgan fingerprint density at radius 2 is 2.03 bits per heavy atom. The van der Waals surface area contributed by atoms with Gasteiger partial charge in [0, 0.05) is 30.8 Å². The van der Waals surface area contributed by atoms with Crippen LogP contribution in [0.1, 0.15) is 63.5 Å². The second-order valence-corrected chi connectivity index (χ2v) is 11.0. The molecule has 1 saturated carbocycles. The van der Waals surface area contributed by atoms with E-state index in [0.29, 0.717) is 41.9 Å². The van der Waals surface area contributed by atoms with Crippen molar-refractivity contribution in [2.45, 2.75) is 70.6 Å². The molecule has 0 unspecified atom stereocenters. The van der Waals surface area contributed by atoms with E-state index in [0.717, 1.165) is 31.2 Å². The van der Waals surface area contributed by atoms with E-state index in [1.54, 1.807) is 49.7 Å². The van der Waals surface area contributed by atoms with Crippen molar-refractivity contribution in [1.29, 1.82) is 0 Å². The minimum atomic E-state index is -0.946. The number of nitrogens with zero attached hydrogens (tertiary/aromatic N) is 5. The number of amides is 2. The molecular weight excluding hydrogens is 491 g/mol. The average Bonchev–Trinajstić information content (AvgIpc) is 3.60. The molecular formula is C27H33FN6O4. The highest BCUT2D eigenvalue weighted by molar-refractivity contribution is 5.88. The number of rotatable bonds is 6. The molecule has 1 atom stereocenters. The molecule has 3 aromatic rings. The van der Waals surface area contributed by atoms with Crippen molar-refractivity contribution in [1.82, 2.24) is 19.5 Å². The number of ether oxygens (including phenoxy) is 1. The Balaban J connectivity index is 1.57. The summed E-state index contributed by atoms with van der Waals surface area (Å²) in [5, 5.41) is 17.4. The molecule has 1 saturated heterocycles. The van der Waals surface area contributed by atoms with Crippen molar-refractivity contribution >= 4 is 29.5 Å². The predicted octanol–water partition coefficient (Wildman–Crippen LogP) is 5.24. The van der Waals surface area contributed by atoms with Gasteiger partial charge in [-0.05, 0) is 70.1 Å². The van der Waals surface area contributed by atoms with E-state index in [1.807, 2.05) is 0 Å². The topological polar surface area (TPSA) is 112 Å². The standard InChI is InChI=1S/C27H33FN6O4/c1-27(2,3)38-26(37)33(15-17-6-4-7-19(28)12-17)23-13-22(30-20-8-5-11-32(16-20)25(35)36)31-24-21(18-9-10-18)14-29-34(23)24/h4,6-7,12-14,18,20H,5,8-11,15-16H2,1-3H3,(H,30,31)(H,35,36)/t20-/m0/s1. The Bertz CT molecular complexity index is 1350. The first-order valence-corrected chi connectivity index (χ1v) is 13.0. The minimum Gasteiger partial charge on any atom is -0.465 e. The van der Waals surface area contributed by atoms with Crippen molar-refractivity contribution in [3.05, 3.63) is 53.5 Å². The fraction of sp³-hybridized carbons (Fsp3) is 0.481. The molecule has 0 radical (unpaired) electrons. The lowest BCUT2D eigenvalue weighted by Gasteiger charge is -2.32. The number of nitrogens with one attached hydrogen (secondary N) is 1. The number of carbonyl (C=O) groups is 2. The molecule has 5 rings (SSSR count). The summed E-state index contributed by atoms with van der Waals surface area (Å²) in [6.07, 6.45) is 3.87. The van der Waals surface area contributed by atoms with Crippen molar-refractivity contribution in [2.75, 3.05) is 23.3 Å². The largest absolute Gasteiger partial charge is 0.465 e. The summed E-state index contributed by atoms with van der Waals surface area (Å²) < 4.78 is 21.4. The fourth-order valence-corrected chi connectivity index (χ4v) is 4.76. The molecule has 10 nitrogen and oxygen atoms in total. The fourth-order valence-electron chi connectivity index (χ4n) is 4.76. The number of benzene rings is 1. The molecule has 2 aromatic heterocycles. The summed E-state index contributed by atoms with van der Waals surface area (Å²) in [6.45, 7) is 6.26. The second-order valence-electron chi connectivity index (χ2n) is 11.0. The van der Waals surface area contributed by atoms with Crippen LogP contribution in [0.25, 0.3) is 5.65 Å². The van der Waals surface area contributed by atoms with E-state index in [9.17, 15) is 19.1 Å². The average molecular weight is 525 g/mol. The third kappa shape index (κ3) is 5.81. The van der Waals surface area contributed by atoms with Gasteiger partial charge in [0.15, 0.2) is 5.65 Å². The highest BCUT2D eigenvalue weighted by Crippen LogP contribution is 2.42. The smallest absolute Gasteiger partial charge is 0.416 e. The molecule has 38 heavy (non-hydrogen) atoms. The SMILES string of the molecule is CC(C)(C)OC(=O)N(Cc1cccc(F)c1)c1cc(N[C@H]2CCCN(C(=O)O)C2)nc2c(C3CC3)cnn12. The van der Waals surface area contributed by atoms with Crippen LogP contribution in [0.2, 0.25) is 0 Å². The molecule has 0 bridgehead atoms. The predicted molar refractivity (Wildman–Crippen MR) is 140 cm³/mol. The van der Waals surface area contributed by atoms with E-state index >= 15 is 0 Å². The normalized spacial score (nSPS) is 17.9. The summed E-state index contributed by atoms with van der Waals surface area (Å²) >= 11 is 0. The van der Waals surface area contributed by atoms with Gasteiger partial charge in [-0.1, -0.05) is 12.1 Å². The molecule has 3 heterocycles. The number of carbonyl (C=O) groups excluding carboxylic acids is 1. The first kappa shape index (κ1) is 25.7. The maximum Gasteiger partial charge on any atom is 0.416 e. The maximum atomic E-state index is 14.0. The Morgan fingerprint density at radius 3 is 2.71 bits per heavy atom. The van der Waals surface area contributed by atoms with Crippen LogP contribution < -0.4 is 10.2 Å². The lowest BCUT2D eigenvalue weighted by Crippen LogP contribution is -2.44.